The molecule has 2 unspecified atom stereocenters. The second-order valence-electron chi connectivity index (χ2n) is 9.89. The van der Waals surface area contributed by atoms with E-state index in [0.29, 0.717) is 30.7 Å². The maximum Gasteiger partial charge on any atom is 0.514 e. The molecule has 0 aromatic heterocycles. The van der Waals surface area contributed by atoms with Crippen molar-refractivity contribution < 1.29 is 47.6 Å². The minimum atomic E-state index is -1.56. The van der Waals surface area contributed by atoms with Gasteiger partial charge in [0.15, 0.2) is 11.5 Å². The second kappa shape index (κ2) is 16.6. The molecule has 2 N–H and O–H groups in total. The Kier molecular flexibility index (Phi) is 14.3. The van der Waals surface area contributed by atoms with Gasteiger partial charge in [-0.1, -0.05) is 33.8 Å². The number of hydrogen-bond acceptors (Lipinski definition) is 11. The summed E-state index contributed by atoms with van der Waals surface area (Å²) in [6.45, 7) is 11.0. The Bertz CT molecular complexity index is 964. The van der Waals surface area contributed by atoms with E-state index in [-0.39, 0.29) is 49.4 Å². The lowest BCUT2D eigenvalue weighted by Gasteiger charge is -2.27. The molecule has 0 bridgehead atoms. The molecule has 0 saturated heterocycles. The van der Waals surface area contributed by atoms with Gasteiger partial charge in [-0.15, -0.1) is 0 Å². The molecule has 0 heterocycles. The third-order valence-corrected chi connectivity index (χ3v) is 5.99. The molecule has 39 heavy (non-hydrogen) atoms. The summed E-state index contributed by atoms with van der Waals surface area (Å²) < 4.78 is 31.1. The zero-order chi connectivity index (χ0) is 29.6. The Morgan fingerprint density at radius 1 is 0.897 bits per heavy atom. The van der Waals surface area contributed by atoms with Crippen LogP contribution in [-0.2, 0) is 35.0 Å². The quantitative estimate of drug-likeness (QED) is 0.176. The van der Waals surface area contributed by atoms with Crippen LogP contribution in [0.3, 0.4) is 0 Å². The van der Waals surface area contributed by atoms with E-state index in [2.05, 4.69) is 0 Å². The largest absolute Gasteiger partial charge is 0.514 e. The maximum atomic E-state index is 12.6. The summed E-state index contributed by atoms with van der Waals surface area (Å²) >= 11 is 0. The molecule has 11 heteroatoms. The molecule has 0 saturated carbocycles. The van der Waals surface area contributed by atoms with Gasteiger partial charge >= 0.3 is 24.2 Å². The van der Waals surface area contributed by atoms with Crippen molar-refractivity contribution in [3.8, 4) is 11.5 Å². The summed E-state index contributed by atoms with van der Waals surface area (Å²) in [4.78, 5) is 49.1. The fraction of sp³-hybridized carbons (Fsp3) is 0.643. The molecule has 1 aromatic rings. The Morgan fingerprint density at radius 3 is 1.97 bits per heavy atom. The van der Waals surface area contributed by atoms with Crippen LogP contribution >= 0.6 is 0 Å². The van der Waals surface area contributed by atoms with E-state index >= 15 is 0 Å². The minimum absolute atomic E-state index is 0.0151. The van der Waals surface area contributed by atoms with Crippen LogP contribution in [-0.4, -0.2) is 55.7 Å². The van der Waals surface area contributed by atoms with Gasteiger partial charge in [0.05, 0.1) is 13.7 Å². The number of carbonyl (C=O) groups is 4. The molecule has 0 spiro atoms. The number of hydrogen-bond donors (Lipinski definition) is 1. The van der Waals surface area contributed by atoms with Gasteiger partial charge in [0, 0.05) is 19.3 Å². The van der Waals surface area contributed by atoms with Crippen LogP contribution in [0.5, 0.6) is 11.5 Å². The predicted molar refractivity (Wildman–Crippen MR) is 142 cm³/mol. The molecule has 0 aliphatic heterocycles. The molecular formula is C28H43NO10. The van der Waals surface area contributed by atoms with E-state index in [4.69, 9.17) is 34.2 Å². The first-order valence-electron chi connectivity index (χ1n) is 13.3. The molecule has 220 valence electrons. The van der Waals surface area contributed by atoms with Crippen molar-refractivity contribution >= 4 is 24.2 Å². The molecular weight excluding hydrogens is 510 g/mol. The number of nitrogens with two attached hydrogens (primary N) is 1. The summed E-state index contributed by atoms with van der Waals surface area (Å²) in [7, 11) is 1.21. The van der Waals surface area contributed by atoms with Crippen LogP contribution in [0.2, 0.25) is 0 Å². The summed E-state index contributed by atoms with van der Waals surface area (Å²) in [6, 6.07) is 4.35. The number of benzene rings is 1. The highest BCUT2D eigenvalue weighted by atomic mass is 16.7. The van der Waals surface area contributed by atoms with Crippen molar-refractivity contribution in [2.45, 2.75) is 97.8 Å². The van der Waals surface area contributed by atoms with E-state index < -0.39 is 29.9 Å². The van der Waals surface area contributed by atoms with Gasteiger partial charge in [-0.25, -0.2) is 9.59 Å². The first-order chi connectivity index (χ1) is 18.3. The molecule has 1 rings (SSSR count). The zero-order valence-corrected chi connectivity index (χ0v) is 24.1. The third-order valence-electron chi connectivity index (χ3n) is 5.99. The monoisotopic (exact) mass is 553 g/mol. The number of rotatable bonds is 15. The van der Waals surface area contributed by atoms with Gasteiger partial charge in [0.1, 0.15) is 17.7 Å². The summed E-state index contributed by atoms with van der Waals surface area (Å²) in [5.41, 5.74) is 5.32. The molecule has 0 radical (unpaired) electrons. The first-order valence-corrected chi connectivity index (χ1v) is 13.3. The number of carbonyl (C=O) groups excluding carboxylic acids is 4. The SMILES string of the molecule is CCC(C)OC(=O)Oc1ccc(C[C@](N)(CCOC(=O)CCC(C)C)C(=O)OC)cc1OC(=O)OC(C)CC. The van der Waals surface area contributed by atoms with Crippen molar-refractivity contribution in [1.82, 2.24) is 0 Å². The second-order valence-corrected chi connectivity index (χ2v) is 9.89. The highest BCUT2D eigenvalue weighted by Gasteiger charge is 2.36. The summed E-state index contributed by atoms with van der Waals surface area (Å²) in [5.74, 6) is -0.958. The van der Waals surface area contributed by atoms with Crippen molar-refractivity contribution in [2.24, 2.45) is 11.7 Å². The van der Waals surface area contributed by atoms with Crippen LogP contribution in [0.25, 0.3) is 0 Å². The summed E-state index contributed by atoms with van der Waals surface area (Å²) in [6.07, 6.45) is -0.729. The van der Waals surface area contributed by atoms with Crippen molar-refractivity contribution in [3.63, 3.8) is 0 Å². The normalized spacial score (nSPS) is 14.0. The standard InChI is InChI=1S/C28H43NO10/c1-8-19(5)36-26(32)38-22-12-11-21(16-23(22)39-27(33)37-20(6)9-2)17-28(29,25(31)34-7)14-15-35-24(30)13-10-18(3)4/h11-12,16,18-20H,8-10,13-15,17,29H2,1-7H3/t19?,20?,28-/m1/s1. The molecule has 0 aliphatic rings. The summed E-state index contributed by atoms with van der Waals surface area (Å²) in [5, 5.41) is 0. The Balaban J connectivity index is 3.14. The predicted octanol–water partition coefficient (Wildman–Crippen LogP) is 5.10. The van der Waals surface area contributed by atoms with Crippen LogP contribution in [0.15, 0.2) is 18.2 Å². The molecule has 3 atom stereocenters. The van der Waals surface area contributed by atoms with Crippen LogP contribution < -0.4 is 15.2 Å². The van der Waals surface area contributed by atoms with Gasteiger partial charge in [0.2, 0.25) is 0 Å². The smallest absolute Gasteiger partial charge is 0.468 e. The van der Waals surface area contributed by atoms with Gasteiger partial charge in [0.25, 0.3) is 0 Å². The number of methoxy groups -OCH3 is 1. The van der Waals surface area contributed by atoms with E-state index in [1.807, 2.05) is 27.7 Å². The topological polar surface area (TPSA) is 150 Å². The number of ether oxygens (including phenoxy) is 6. The van der Waals surface area contributed by atoms with Gasteiger partial charge in [-0.05, 0) is 56.7 Å². The third kappa shape index (κ3) is 12.4. The van der Waals surface area contributed by atoms with Gasteiger partial charge in [-0.2, -0.15) is 0 Å². The van der Waals surface area contributed by atoms with Crippen LogP contribution in [0, 0.1) is 5.92 Å². The fourth-order valence-corrected chi connectivity index (χ4v) is 3.21. The van der Waals surface area contributed by atoms with Crippen molar-refractivity contribution in [1.29, 1.82) is 0 Å². The Morgan fingerprint density at radius 2 is 1.46 bits per heavy atom. The highest BCUT2D eigenvalue weighted by molar-refractivity contribution is 5.81. The van der Waals surface area contributed by atoms with E-state index in [1.54, 1.807) is 19.9 Å². The maximum absolute atomic E-state index is 12.6. The van der Waals surface area contributed by atoms with Gasteiger partial charge in [-0.3, -0.25) is 9.59 Å². The van der Waals surface area contributed by atoms with E-state index in [1.165, 1.54) is 19.2 Å². The Labute approximate surface area is 230 Å². The molecule has 0 amide bonds. The average molecular weight is 554 g/mol. The Hall–Kier alpha value is -3.34. The van der Waals surface area contributed by atoms with Crippen molar-refractivity contribution in [3.05, 3.63) is 23.8 Å². The van der Waals surface area contributed by atoms with E-state index in [0.717, 1.165) is 0 Å². The molecule has 0 aliphatic carbocycles. The van der Waals surface area contributed by atoms with Gasteiger partial charge < -0.3 is 34.2 Å². The lowest BCUT2D eigenvalue weighted by atomic mass is 9.88. The minimum Gasteiger partial charge on any atom is -0.468 e. The van der Waals surface area contributed by atoms with Crippen LogP contribution in [0.1, 0.15) is 79.2 Å². The number of esters is 2. The molecule has 11 nitrogen and oxygen atoms in total. The molecule has 1 aromatic carbocycles. The first kappa shape index (κ1) is 33.7. The lowest BCUT2D eigenvalue weighted by molar-refractivity contribution is -0.151. The zero-order valence-electron chi connectivity index (χ0n) is 24.1. The van der Waals surface area contributed by atoms with E-state index in [9.17, 15) is 19.2 Å². The molecule has 0 fully saturated rings. The van der Waals surface area contributed by atoms with Crippen molar-refractivity contribution in [2.75, 3.05) is 13.7 Å². The average Bonchev–Trinajstić information content (AvgIpc) is 2.87. The fourth-order valence-electron chi connectivity index (χ4n) is 3.21. The lowest BCUT2D eigenvalue weighted by Crippen LogP contribution is -2.51. The van der Waals surface area contributed by atoms with Crippen LogP contribution in [0.4, 0.5) is 9.59 Å². The highest BCUT2D eigenvalue weighted by Crippen LogP contribution is 2.31.